The highest BCUT2D eigenvalue weighted by molar-refractivity contribution is 5.97. The van der Waals surface area contributed by atoms with Crippen molar-refractivity contribution in [2.24, 2.45) is 5.73 Å². The van der Waals surface area contributed by atoms with Crippen LogP contribution in [0, 0.1) is 0 Å². The number of likely N-dealkylation sites (tertiary alicyclic amines) is 1. The molecule has 0 bridgehead atoms. The van der Waals surface area contributed by atoms with Gasteiger partial charge in [-0.1, -0.05) is 12.1 Å². The predicted octanol–water partition coefficient (Wildman–Crippen LogP) is 2.51. The van der Waals surface area contributed by atoms with Crippen molar-refractivity contribution in [2.45, 2.75) is 44.4 Å². The molecule has 2 amide bonds. The van der Waals surface area contributed by atoms with Gasteiger partial charge in [0.25, 0.3) is 5.91 Å². The van der Waals surface area contributed by atoms with E-state index >= 15 is 0 Å². The van der Waals surface area contributed by atoms with Gasteiger partial charge in [-0.25, -0.2) is 4.98 Å². The Morgan fingerprint density at radius 3 is 2.45 bits per heavy atom. The van der Waals surface area contributed by atoms with Crippen LogP contribution in [-0.2, 0) is 17.8 Å². The number of halogens is 3. The summed E-state index contributed by atoms with van der Waals surface area (Å²) in [7, 11) is 0. The maximum Gasteiger partial charge on any atom is 0.573 e. The fourth-order valence-corrected chi connectivity index (χ4v) is 4.39. The van der Waals surface area contributed by atoms with E-state index in [-0.39, 0.29) is 42.9 Å². The molecule has 1 fully saturated rings. The molecule has 1 aliphatic heterocycles. The molecule has 13 heteroatoms. The second-order valence-corrected chi connectivity index (χ2v) is 9.43. The van der Waals surface area contributed by atoms with Gasteiger partial charge in [-0.2, -0.15) is 0 Å². The van der Waals surface area contributed by atoms with Gasteiger partial charge < -0.3 is 34.9 Å². The van der Waals surface area contributed by atoms with Gasteiger partial charge in [0.05, 0.1) is 43.3 Å². The first kappa shape index (κ1) is 28.9. The van der Waals surface area contributed by atoms with Gasteiger partial charge >= 0.3 is 6.36 Å². The van der Waals surface area contributed by atoms with E-state index in [1.165, 1.54) is 30.6 Å². The van der Waals surface area contributed by atoms with Crippen LogP contribution >= 0.6 is 0 Å². The maximum absolute atomic E-state index is 12.7. The number of hydrogen-bond acceptors (Lipinski definition) is 7. The van der Waals surface area contributed by atoms with Crippen molar-refractivity contribution in [3.63, 3.8) is 0 Å². The third-order valence-corrected chi connectivity index (χ3v) is 6.41. The predicted molar refractivity (Wildman–Crippen MR) is 136 cm³/mol. The molecule has 0 spiro atoms. The maximum atomic E-state index is 12.7. The van der Waals surface area contributed by atoms with E-state index in [0.717, 1.165) is 0 Å². The minimum Gasteiger partial charge on any atom is -0.489 e. The van der Waals surface area contributed by atoms with Gasteiger partial charge in [0.1, 0.15) is 17.6 Å². The molecule has 1 saturated heterocycles. The molecule has 2 heterocycles. The van der Waals surface area contributed by atoms with Gasteiger partial charge in [0, 0.05) is 37.7 Å². The molecule has 4 rings (SSSR count). The highest BCUT2D eigenvalue weighted by Crippen LogP contribution is 2.29. The molecule has 3 aromatic rings. The molecule has 1 aromatic heterocycles. The van der Waals surface area contributed by atoms with Crippen LogP contribution in [0.25, 0.3) is 11.3 Å². The third-order valence-electron chi connectivity index (χ3n) is 6.41. The van der Waals surface area contributed by atoms with E-state index in [0.29, 0.717) is 48.5 Å². The second kappa shape index (κ2) is 12.4. The molecular formula is C27H29F3N4O6. The Morgan fingerprint density at radius 2 is 1.82 bits per heavy atom. The zero-order chi connectivity index (χ0) is 28.9. The summed E-state index contributed by atoms with van der Waals surface area (Å²) in [4.78, 5) is 30.8. The Hall–Kier alpha value is -4.10. The Labute approximate surface area is 227 Å². The smallest absolute Gasteiger partial charge is 0.489 e. The lowest BCUT2D eigenvalue weighted by molar-refractivity contribution is -0.274. The number of primary amides is 1. The number of piperidine rings is 1. The Morgan fingerprint density at radius 1 is 1.12 bits per heavy atom. The van der Waals surface area contributed by atoms with Crippen molar-refractivity contribution < 1.29 is 42.4 Å². The van der Waals surface area contributed by atoms with Crippen molar-refractivity contribution in [3.05, 3.63) is 66.1 Å². The number of ether oxygens (including phenoxy) is 2. The summed E-state index contributed by atoms with van der Waals surface area (Å²) in [5.41, 5.74) is 7.53. The standard InChI is InChI=1S/C27H29F3N4O6/c28-27(29,30)40-21-4-1-17(2-5-21)11-25(37)34-9-7-20(8-10-34)39-24-6-3-18(12-22(24)26(31)38)23-14-33(16-32-23)13-19(36)15-35/h1-6,12,14,16,19-20,35-36H,7-11,13,15H2,(H2,31,38)/t19-/m0/s1. The number of aromatic nitrogens is 2. The lowest BCUT2D eigenvalue weighted by Crippen LogP contribution is -2.42. The molecular weight excluding hydrogens is 533 g/mol. The van der Waals surface area contributed by atoms with E-state index in [9.17, 15) is 27.9 Å². The SMILES string of the molecule is NC(=O)c1cc(-c2cn(C[C@H](O)CO)cn2)ccc1OC1CCN(C(=O)Cc2ccc(OC(F)(F)F)cc2)CC1. The number of aliphatic hydroxyl groups excluding tert-OH is 2. The number of hydrogen-bond donors (Lipinski definition) is 3. The summed E-state index contributed by atoms with van der Waals surface area (Å²) < 4.78 is 48.5. The number of carbonyl (C=O) groups excluding carboxylic acids is 2. The summed E-state index contributed by atoms with van der Waals surface area (Å²) in [5.74, 6) is -0.864. The normalized spacial score (nSPS) is 15.1. The summed E-state index contributed by atoms with van der Waals surface area (Å²) in [6, 6.07) is 10.1. The van der Waals surface area contributed by atoms with E-state index < -0.39 is 18.4 Å². The summed E-state index contributed by atoms with van der Waals surface area (Å²) in [6.45, 7) is 0.619. The first-order valence-electron chi connectivity index (χ1n) is 12.5. The summed E-state index contributed by atoms with van der Waals surface area (Å²) in [5, 5.41) is 18.6. The highest BCUT2D eigenvalue weighted by Gasteiger charge is 2.31. The number of rotatable bonds is 10. The van der Waals surface area contributed by atoms with Crippen LogP contribution in [0.2, 0.25) is 0 Å². The first-order chi connectivity index (χ1) is 19.0. The van der Waals surface area contributed by atoms with Crippen molar-refractivity contribution in [2.75, 3.05) is 19.7 Å². The number of benzene rings is 2. The van der Waals surface area contributed by atoms with Crippen molar-refractivity contribution >= 4 is 11.8 Å². The molecule has 0 aliphatic carbocycles. The van der Waals surface area contributed by atoms with Crippen LogP contribution in [0.5, 0.6) is 11.5 Å². The van der Waals surface area contributed by atoms with Crippen LogP contribution in [0.4, 0.5) is 13.2 Å². The second-order valence-electron chi connectivity index (χ2n) is 9.43. The molecule has 1 aliphatic rings. The summed E-state index contributed by atoms with van der Waals surface area (Å²) in [6.07, 6.45) is -1.70. The quantitative estimate of drug-likeness (QED) is 0.345. The van der Waals surface area contributed by atoms with E-state index in [1.807, 2.05) is 0 Å². The number of imidazole rings is 1. The largest absolute Gasteiger partial charge is 0.573 e. The molecule has 0 saturated carbocycles. The Bertz CT molecular complexity index is 1320. The molecule has 40 heavy (non-hydrogen) atoms. The summed E-state index contributed by atoms with van der Waals surface area (Å²) >= 11 is 0. The highest BCUT2D eigenvalue weighted by atomic mass is 19.4. The van der Waals surface area contributed by atoms with Crippen LogP contribution < -0.4 is 15.2 Å². The van der Waals surface area contributed by atoms with Crippen molar-refractivity contribution in [3.8, 4) is 22.8 Å². The molecule has 10 nitrogen and oxygen atoms in total. The van der Waals surface area contributed by atoms with Crippen molar-refractivity contribution in [1.82, 2.24) is 14.5 Å². The number of aliphatic hydroxyl groups is 2. The zero-order valence-corrected chi connectivity index (χ0v) is 21.4. The number of nitrogens with two attached hydrogens (primary N) is 1. The monoisotopic (exact) mass is 562 g/mol. The lowest BCUT2D eigenvalue weighted by Gasteiger charge is -2.32. The van der Waals surface area contributed by atoms with Gasteiger partial charge in [-0.15, -0.1) is 13.2 Å². The number of amides is 2. The molecule has 4 N–H and O–H groups in total. The van der Waals surface area contributed by atoms with Crippen LogP contribution in [-0.4, -0.2) is 74.7 Å². The number of carbonyl (C=O) groups is 2. The number of alkyl halides is 3. The third kappa shape index (κ3) is 7.73. The van der Waals surface area contributed by atoms with E-state index in [4.69, 9.17) is 15.6 Å². The van der Waals surface area contributed by atoms with Crippen LogP contribution in [0.15, 0.2) is 55.0 Å². The topological polar surface area (TPSA) is 140 Å². The van der Waals surface area contributed by atoms with Gasteiger partial charge in [-0.05, 0) is 35.9 Å². The zero-order valence-electron chi connectivity index (χ0n) is 21.4. The Balaban J connectivity index is 1.33. The average molecular weight is 563 g/mol. The van der Waals surface area contributed by atoms with Gasteiger partial charge in [0.2, 0.25) is 5.91 Å². The first-order valence-corrected chi connectivity index (χ1v) is 12.5. The minimum absolute atomic E-state index is 0.0415. The fourth-order valence-electron chi connectivity index (χ4n) is 4.39. The van der Waals surface area contributed by atoms with Gasteiger partial charge in [0.15, 0.2) is 0 Å². The number of nitrogens with zero attached hydrogens (tertiary/aromatic N) is 3. The van der Waals surface area contributed by atoms with Crippen molar-refractivity contribution in [1.29, 1.82) is 0 Å². The molecule has 2 aromatic carbocycles. The van der Waals surface area contributed by atoms with E-state index in [1.54, 1.807) is 33.9 Å². The fraction of sp³-hybridized carbons (Fsp3) is 0.370. The van der Waals surface area contributed by atoms with Crippen LogP contribution in [0.3, 0.4) is 0 Å². The van der Waals surface area contributed by atoms with E-state index in [2.05, 4.69) is 9.72 Å². The molecule has 214 valence electrons. The average Bonchev–Trinajstić information content (AvgIpc) is 3.37. The molecule has 1 atom stereocenters. The lowest BCUT2D eigenvalue weighted by atomic mass is 10.0. The molecule has 0 unspecified atom stereocenters. The Kier molecular flexibility index (Phi) is 8.95. The van der Waals surface area contributed by atoms with Gasteiger partial charge in [-0.3, -0.25) is 9.59 Å². The molecule has 0 radical (unpaired) electrons. The van der Waals surface area contributed by atoms with Crippen LogP contribution in [0.1, 0.15) is 28.8 Å². The minimum atomic E-state index is -4.78.